The van der Waals surface area contributed by atoms with E-state index < -0.39 is 0 Å². The summed E-state index contributed by atoms with van der Waals surface area (Å²) >= 11 is 0. The Hall–Kier alpha value is -2.62. The van der Waals surface area contributed by atoms with E-state index in [2.05, 4.69) is 18.0 Å². The molecule has 0 aliphatic heterocycles. The van der Waals surface area contributed by atoms with Gasteiger partial charge in [-0.05, 0) is 48.7 Å². The van der Waals surface area contributed by atoms with E-state index in [0.717, 1.165) is 36.5 Å². The zero-order chi connectivity index (χ0) is 17.1. The number of unbranched alkanes of at least 4 members (excludes halogenated alkanes) is 1. The molecule has 0 fully saturated rings. The first-order valence-corrected chi connectivity index (χ1v) is 8.11. The first-order valence-electron chi connectivity index (χ1n) is 8.11. The number of fused-ring (bicyclic) bond motifs is 1. The smallest absolute Gasteiger partial charge is 0.152 e. The lowest BCUT2D eigenvalue weighted by Gasteiger charge is -2.07. The Kier molecular flexibility index (Phi) is 4.65. The van der Waals surface area contributed by atoms with Gasteiger partial charge in [0.1, 0.15) is 11.6 Å². The van der Waals surface area contributed by atoms with Crippen LogP contribution in [0.2, 0.25) is 0 Å². The van der Waals surface area contributed by atoms with Crippen LogP contribution in [0.5, 0.6) is 5.75 Å². The van der Waals surface area contributed by atoms with Gasteiger partial charge in [0.25, 0.3) is 0 Å². The molecule has 0 unspecified atom stereocenters. The summed E-state index contributed by atoms with van der Waals surface area (Å²) in [6, 6.07) is 10.4. The molecule has 124 valence electrons. The summed E-state index contributed by atoms with van der Waals surface area (Å²) in [5.41, 5.74) is 3.73. The van der Waals surface area contributed by atoms with Gasteiger partial charge in [0, 0.05) is 22.0 Å². The number of aldehydes is 1. The van der Waals surface area contributed by atoms with Crippen LogP contribution in [0.25, 0.3) is 22.2 Å². The lowest BCUT2D eigenvalue weighted by atomic mass is 10.0. The van der Waals surface area contributed by atoms with Crippen LogP contribution in [0.3, 0.4) is 0 Å². The third-order valence-electron chi connectivity index (χ3n) is 4.27. The maximum Gasteiger partial charge on any atom is 0.152 e. The molecule has 1 heterocycles. The highest BCUT2D eigenvalue weighted by molar-refractivity contribution is 6.05. The highest BCUT2D eigenvalue weighted by Gasteiger charge is 2.17. The molecular formula is C20H20FNO2. The van der Waals surface area contributed by atoms with Crippen molar-refractivity contribution in [1.29, 1.82) is 0 Å². The normalized spacial score (nSPS) is 11.0. The molecule has 0 radical (unpaired) electrons. The van der Waals surface area contributed by atoms with Crippen LogP contribution in [0, 0.1) is 5.82 Å². The third kappa shape index (κ3) is 2.92. The molecular weight excluding hydrogens is 305 g/mol. The van der Waals surface area contributed by atoms with Crippen LogP contribution >= 0.6 is 0 Å². The highest BCUT2D eigenvalue weighted by atomic mass is 19.1. The Morgan fingerprint density at radius 1 is 1.21 bits per heavy atom. The zero-order valence-electron chi connectivity index (χ0n) is 13.9. The van der Waals surface area contributed by atoms with Gasteiger partial charge in [-0.15, -0.1) is 0 Å². The van der Waals surface area contributed by atoms with Crippen molar-refractivity contribution in [2.75, 3.05) is 7.11 Å². The Balaban J connectivity index is 2.18. The Labute approximate surface area is 140 Å². The number of H-pyrrole nitrogens is 1. The largest absolute Gasteiger partial charge is 0.496 e. The molecule has 3 aromatic rings. The van der Waals surface area contributed by atoms with E-state index in [1.165, 1.54) is 24.8 Å². The number of methoxy groups -OCH3 is 1. The molecule has 0 aliphatic rings. The summed E-state index contributed by atoms with van der Waals surface area (Å²) in [7, 11) is 1.53. The van der Waals surface area contributed by atoms with Gasteiger partial charge in [-0.1, -0.05) is 19.4 Å². The Morgan fingerprint density at radius 2 is 2.04 bits per heavy atom. The molecule has 3 rings (SSSR count). The summed E-state index contributed by atoms with van der Waals surface area (Å²) in [6.07, 6.45) is 4.03. The predicted octanol–water partition coefficient (Wildman–Crippen LogP) is 5.14. The Bertz CT molecular complexity index is 883. The maximum atomic E-state index is 13.7. The van der Waals surface area contributed by atoms with Crippen LogP contribution in [0.1, 0.15) is 35.7 Å². The van der Waals surface area contributed by atoms with Crippen molar-refractivity contribution in [1.82, 2.24) is 4.98 Å². The van der Waals surface area contributed by atoms with Crippen LogP contribution < -0.4 is 4.74 Å². The second-order valence-corrected chi connectivity index (χ2v) is 5.86. The highest BCUT2D eigenvalue weighted by Crippen LogP contribution is 2.35. The van der Waals surface area contributed by atoms with Crippen molar-refractivity contribution in [3.8, 4) is 17.0 Å². The molecule has 0 atom stereocenters. The number of aromatic amines is 1. The molecule has 24 heavy (non-hydrogen) atoms. The van der Waals surface area contributed by atoms with E-state index in [9.17, 15) is 9.18 Å². The number of carbonyl (C=O) groups is 1. The number of ether oxygens (including phenoxy) is 1. The van der Waals surface area contributed by atoms with Gasteiger partial charge >= 0.3 is 0 Å². The molecule has 0 spiro atoms. The molecule has 0 amide bonds. The topological polar surface area (TPSA) is 42.1 Å². The van der Waals surface area contributed by atoms with Crippen molar-refractivity contribution >= 4 is 17.2 Å². The van der Waals surface area contributed by atoms with Crippen molar-refractivity contribution in [3.63, 3.8) is 0 Å². The van der Waals surface area contributed by atoms with E-state index >= 15 is 0 Å². The first kappa shape index (κ1) is 16.2. The number of hydrogen-bond acceptors (Lipinski definition) is 2. The minimum atomic E-state index is -0.370. The molecule has 4 heteroatoms. The second-order valence-electron chi connectivity index (χ2n) is 5.86. The number of benzene rings is 2. The number of aryl methyl sites for hydroxylation is 1. The van der Waals surface area contributed by atoms with Crippen molar-refractivity contribution in [3.05, 3.63) is 53.3 Å². The van der Waals surface area contributed by atoms with Crippen LogP contribution in [0.15, 0.2) is 36.4 Å². The van der Waals surface area contributed by atoms with Crippen LogP contribution in [0.4, 0.5) is 4.39 Å². The van der Waals surface area contributed by atoms with Crippen molar-refractivity contribution < 1.29 is 13.9 Å². The molecule has 0 saturated heterocycles. The summed E-state index contributed by atoms with van der Waals surface area (Å²) in [5, 5.41) is 0.861. The minimum absolute atomic E-state index is 0.370. The van der Waals surface area contributed by atoms with E-state index in [0.29, 0.717) is 22.6 Å². The lowest BCUT2D eigenvalue weighted by molar-refractivity contribution is 0.112. The monoisotopic (exact) mass is 325 g/mol. The van der Waals surface area contributed by atoms with Gasteiger partial charge in [0.15, 0.2) is 6.29 Å². The fourth-order valence-electron chi connectivity index (χ4n) is 3.01. The fourth-order valence-corrected chi connectivity index (χ4v) is 3.01. The SMILES string of the molecule is CCCCc1ccc2[nH]c(-c3cc(F)ccc3OC)c(C=O)c2c1. The van der Waals surface area contributed by atoms with Crippen LogP contribution in [-0.4, -0.2) is 18.4 Å². The van der Waals surface area contributed by atoms with Crippen molar-refractivity contribution in [2.24, 2.45) is 0 Å². The van der Waals surface area contributed by atoms with Gasteiger partial charge in [0.2, 0.25) is 0 Å². The van der Waals surface area contributed by atoms with Crippen LogP contribution in [-0.2, 0) is 6.42 Å². The summed E-state index contributed by atoms with van der Waals surface area (Å²) in [6.45, 7) is 2.15. The lowest BCUT2D eigenvalue weighted by Crippen LogP contribution is -1.92. The average Bonchev–Trinajstić information content (AvgIpc) is 2.97. The maximum absolute atomic E-state index is 13.7. The van der Waals surface area contributed by atoms with E-state index in [1.807, 2.05) is 12.1 Å². The number of aromatic nitrogens is 1. The molecule has 1 aromatic heterocycles. The quantitative estimate of drug-likeness (QED) is 0.638. The van der Waals surface area contributed by atoms with Gasteiger partial charge < -0.3 is 9.72 Å². The average molecular weight is 325 g/mol. The number of hydrogen-bond donors (Lipinski definition) is 1. The molecule has 2 aromatic carbocycles. The number of carbonyl (C=O) groups excluding carboxylic acids is 1. The molecule has 0 saturated carbocycles. The zero-order valence-corrected chi connectivity index (χ0v) is 13.9. The first-order chi connectivity index (χ1) is 11.7. The molecule has 1 N–H and O–H groups in total. The summed E-state index contributed by atoms with van der Waals surface area (Å²) in [5.74, 6) is 0.155. The van der Waals surface area contributed by atoms with Gasteiger partial charge in [-0.25, -0.2) is 4.39 Å². The van der Waals surface area contributed by atoms with E-state index in [1.54, 1.807) is 6.07 Å². The number of rotatable bonds is 6. The Morgan fingerprint density at radius 3 is 2.75 bits per heavy atom. The van der Waals surface area contributed by atoms with Crippen molar-refractivity contribution in [2.45, 2.75) is 26.2 Å². The molecule has 3 nitrogen and oxygen atoms in total. The standard InChI is InChI=1S/C20H20FNO2/c1-3-4-5-13-6-8-18-15(10-13)17(12-23)20(22-18)16-11-14(21)7-9-19(16)24-2/h6-12,22H,3-5H2,1-2H3. The minimum Gasteiger partial charge on any atom is -0.496 e. The number of nitrogens with one attached hydrogen (secondary N) is 1. The van der Waals surface area contributed by atoms with E-state index in [4.69, 9.17) is 4.74 Å². The number of halogens is 1. The van der Waals surface area contributed by atoms with Gasteiger partial charge in [-0.2, -0.15) is 0 Å². The third-order valence-corrected chi connectivity index (χ3v) is 4.27. The summed E-state index contributed by atoms with van der Waals surface area (Å²) in [4.78, 5) is 15.0. The van der Waals surface area contributed by atoms with E-state index in [-0.39, 0.29) is 5.82 Å². The fraction of sp³-hybridized carbons (Fsp3) is 0.250. The predicted molar refractivity (Wildman–Crippen MR) is 94.2 cm³/mol. The summed E-state index contributed by atoms with van der Waals surface area (Å²) < 4.78 is 19.0. The van der Waals surface area contributed by atoms with Gasteiger partial charge in [-0.3, -0.25) is 4.79 Å². The molecule has 0 bridgehead atoms. The van der Waals surface area contributed by atoms with Gasteiger partial charge in [0.05, 0.1) is 12.8 Å². The second kappa shape index (κ2) is 6.87. The molecule has 0 aliphatic carbocycles.